The lowest BCUT2D eigenvalue weighted by Gasteiger charge is -2.48. The smallest absolute Gasteiger partial charge is 0.289 e. The zero-order valence-corrected chi connectivity index (χ0v) is 12.0. The molecule has 0 unspecified atom stereocenters. The SMILES string of the molecule is Cc1ccc2oc(C(=O)N3CC(O)(C(C)C)C3)cc2c1. The molecule has 1 saturated heterocycles. The number of nitrogens with zero attached hydrogens (tertiary/aromatic N) is 1. The first-order chi connectivity index (χ1) is 9.39. The van der Waals surface area contributed by atoms with E-state index in [-0.39, 0.29) is 11.8 Å². The van der Waals surface area contributed by atoms with E-state index in [0.717, 1.165) is 16.5 Å². The highest BCUT2D eigenvalue weighted by atomic mass is 16.3. The number of aliphatic hydroxyl groups is 1. The van der Waals surface area contributed by atoms with Crippen molar-refractivity contribution in [2.24, 2.45) is 5.92 Å². The van der Waals surface area contributed by atoms with Crippen LogP contribution in [0.15, 0.2) is 28.7 Å². The van der Waals surface area contributed by atoms with Crippen molar-refractivity contribution in [2.45, 2.75) is 26.4 Å². The minimum Gasteiger partial charge on any atom is -0.451 e. The number of likely N-dealkylation sites (tertiary alicyclic amines) is 1. The summed E-state index contributed by atoms with van der Waals surface area (Å²) in [4.78, 5) is 13.9. The monoisotopic (exact) mass is 273 g/mol. The molecule has 1 aromatic heterocycles. The predicted octanol–water partition coefficient (Wildman–Crippen LogP) is 2.58. The van der Waals surface area contributed by atoms with Gasteiger partial charge >= 0.3 is 0 Å². The Balaban J connectivity index is 1.80. The largest absolute Gasteiger partial charge is 0.451 e. The zero-order chi connectivity index (χ0) is 14.5. The Labute approximate surface area is 118 Å². The van der Waals surface area contributed by atoms with Crippen LogP contribution in [0.5, 0.6) is 0 Å². The Morgan fingerprint density at radius 1 is 1.35 bits per heavy atom. The molecular weight excluding hydrogens is 254 g/mol. The van der Waals surface area contributed by atoms with Gasteiger partial charge in [-0.3, -0.25) is 4.79 Å². The van der Waals surface area contributed by atoms with Crippen LogP contribution >= 0.6 is 0 Å². The Hall–Kier alpha value is -1.81. The summed E-state index contributed by atoms with van der Waals surface area (Å²) in [6, 6.07) is 7.61. The summed E-state index contributed by atoms with van der Waals surface area (Å²) >= 11 is 0. The van der Waals surface area contributed by atoms with Crippen molar-refractivity contribution in [1.82, 2.24) is 4.90 Å². The minimum atomic E-state index is -0.752. The lowest BCUT2D eigenvalue weighted by molar-refractivity contribution is -0.111. The van der Waals surface area contributed by atoms with E-state index in [9.17, 15) is 9.90 Å². The predicted molar refractivity (Wildman–Crippen MR) is 76.6 cm³/mol. The number of hydrogen-bond acceptors (Lipinski definition) is 3. The average Bonchev–Trinajstić information content (AvgIpc) is 2.76. The fourth-order valence-corrected chi connectivity index (χ4v) is 2.55. The van der Waals surface area contributed by atoms with Crippen molar-refractivity contribution in [3.05, 3.63) is 35.6 Å². The zero-order valence-electron chi connectivity index (χ0n) is 12.0. The number of amides is 1. The topological polar surface area (TPSA) is 53.7 Å². The van der Waals surface area contributed by atoms with Crippen molar-refractivity contribution in [3.63, 3.8) is 0 Å². The van der Waals surface area contributed by atoms with Crippen LogP contribution in [0.2, 0.25) is 0 Å². The van der Waals surface area contributed by atoms with Crippen LogP contribution in [0, 0.1) is 12.8 Å². The summed E-state index contributed by atoms with van der Waals surface area (Å²) in [5.41, 5.74) is 1.10. The highest BCUT2D eigenvalue weighted by molar-refractivity contribution is 5.96. The van der Waals surface area contributed by atoms with Crippen LogP contribution in [0.4, 0.5) is 0 Å². The van der Waals surface area contributed by atoms with Gasteiger partial charge in [0.05, 0.1) is 13.1 Å². The number of furan rings is 1. The molecule has 4 heteroatoms. The van der Waals surface area contributed by atoms with E-state index in [0.29, 0.717) is 18.8 Å². The number of hydrogen-bond donors (Lipinski definition) is 1. The Morgan fingerprint density at radius 3 is 2.70 bits per heavy atom. The highest BCUT2D eigenvalue weighted by Crippen LogP contribution is 2.31. The number of benzene rings is 1. The lowest BCUT2D eigenvalue weighted by atomic mass is 9.83. The second-order valence-electron chi connectivity index (χ2n) is 6.07. The Morgan fingerprint density at radius 2 is 2.05 bits per heavy atom. The first kappa shape index (κ1) is 13.2. The van der Waals surface area contributed by atoms with Gasteiger partial charge in [0.1, 0.15) is 11.2 Å². The number of β-amino-alcohol motifs (C(OH)–C–C–N with tert-alkyl or cyclic N) is 1. The molecule has 0 bridgehead atoms. The molecule has 1 aliphatic heterocycles. The van der Waals surface area contributed by atoms with Gasteiger partial charge in [-0.25, -0.2) is 0 Å². The van der Waals surface area contributed by atoms with Gasteiger partial charge in [0.2, 0.25) is 0 Å². The number of carbonyl (C=O) groups is 1. The van der Waals surface area contributed by atoms with E-state index in [1.165, 1.54) is 0 Å². The first-order valence-corrected chi connectivity index (χ1v) is 6.91. The van der Waals surface area contributed by atoms with Gasteiger partial charge in [-0.1, -0.05) is 25.5 Å². The summed E-state index contributed by atoms with van der Waals surface area (Å²) in [6.07, 6.45) is 0. The maximum absolute atomic E-state index is 12.3. The molecule has 20 heavy (non-hydrogen) atoms. The van der Waals surface area contributed by atoms with Crippen LogP contribution in [0.1, 0.15) is 30.0 Å². The minimum absolute atomic E-state index is 0.143. The van der Waals surface area contributed by atoms with Gasteiger partial charge in [-0.05, 0) is 31.0 Å². The summed E-state index contributed by atoms with van der Waals surface area (Å²) in [5, 5.41) is 11.1. The second-order valence-corrected chi connectivity index (χ2v) is 6.07. The Kier molecular flexibility index (Phi) is 2.87. The molecule has 0 atom stereocenters. The normalized spacial score (nSPS) is 17.6. The number of rotatable bonds is 2. The summed E-state index contributed by atoms with van der Waals surface area (Å²) < 4.78 is 5.60. The van der Waals surface area contributed by atoms with Gasteiger partial charge in [-0.15, -0.1) is 0 Å². The van der Waals surface area contributed by atoms with Gasteiger partial charge in [0.25, 0.3) is 5.91 Å². The molecule has 3 rings (SSSR count). The van der Waals surface area contributed by atoms with E-state index in [1.807, 2.05) is 39.0 Å². The van der Waals surface area contributed by atoms with Crippen molar-refractivity contribution in [3.8, 4) is 0 Å². The molecule has 1 amide bonds. The van der Waals surface area contributed by atoms with Crippen LogP contribution in [0.3, 0.4) is 0 Å². The quantitative estimate of drug-likeness (QED) is 0.915. The third-order valence-corrected chi connectivity index (χ3v) is 4.17. The van der Waals surface area contributed by atoms with E-state index in [1.54, 1.807) is 11.0 Å². The maximum atomic E-state index is 12.3. The summed E-state index contributed by atoms with van der Waals surface area (Å²) in [7, 11) is 0. The molecule has 1 fully saturated rings. The number of aryl methyl sites for hydroxylation is 1. The highest BCUT2D eigenvalue weighted by Gasteiger charge is 2.46. The van der Waals surface area contributed by atoms with E-state index in [4.69, 9.17) is 4.42 Å². The lowest BCUT2D eigenvalue weighted by Crippen LogP contribution is -2.65. The maximum Gasteiger partial charge on any atom is 0.289 e. The van der Waals surface area contributed by atoms with Crippen molar-refractivity contribution in [2.75, 3.05) is 13.1 Å². The van der Waals surface area contributed by atoms with E-state index in [2.05, 4.69) is 0 Å². The van der Waals surface area contributed by atoms with E-state index < -0.39 is 5.60 Å². The molecule has 2 aromatic rings. The van der Waals surface area contributed by atoms with Crippen molar-refractivity contribution in [1.29, 1.82) is 0 Å². The van der Waals surface area contributed by atoms with Gasteiger partial charge in [-0.2, -0.15) is 0 Å². The van der Waals surface area contributed by atoms with Crippen molar-refractivity contribution >= 4 is 16.9 Å². The molecule has 1 N–H and O–H groups in total. The molecule has 0 radical (unpaired) electrons. The number of fused-ring (bicyclic) bond motifs is 1. The molecule has 0 aliphatic carbocycles. The van der Waals surface area contributed by atoms with Gasteiger partial charge in [0.15, 0.2) is 5.76 Å². The standard InChI is InChI=1S/C16H19NO3/c1-10(2)16(19)8-17(9-16)15(18)14-7-12-6-11(3)4-5-13(12)20-14/h4-7,10,19H,8-9H2,1-3H3. The molecule has 1 aliphatic rings. The van der Waals surface area contributed by atoms with Crippen molar-refractivity contribution < 1.29 is 14.3 Å². The average molecular weight is 273 g/mol. The molecule has 2 heterocycles. The molecule has 0 spiro atoms. The third-order valence-electron chi connectivity index (χ3n) is 4.17. The fourth-order valence-electron chi connectivity index (χ4n) is 2.55. The first-order valence-electron chi connectivity index (χ1n) is 6.91. The third kappa shape index (κ3) is 2.00. The summed E-state index contributed by atoms with van der Waals surface area (Å²) in [6.45, 7) is 6.68. The van der Waals surface area contributed by atoms with E-state index >= 15 is 0 Å². The molecule has 1 aromatic carbocycles. The molecule has 0 saturated carbocycles. The molecule has 106 valence electrons. The van der Waals surface area contributed by atoms with Crippen LogP contribution in [-0.4, -0.2) is 34.6 Å². The molecular formula is C16H19NO3. The fraction of sp³-hybridized carbons (Fsp3) is 0.438. The molecule has 4 nitrogen and oxygen atoms in total. The summed E-state index contributed by atoms with van der Waals surface area (Å²) in [5.74, 6) is 0.338. The second kappa shape index (κ2) is 4.35. The Bertz CT molecular complexity index is 665. The van der Waals surface area contributed by atoms with Crippen LogP contribution < -0.4 is 0 Å². The number of carbonyl (C=O) groups excluding carboxylic acids is 1. The van der Waals surface area contributed by atoms with Crippen LogP contribution in [-0.2, 0) is 0 Å². The van der Waals surface area contributed by atoms with Crippen LogP contribution in [0.25, 0.3) is 11.0 Å². The van der Waals surface area contributed by atoms with Gasteiger partial charge < -0.3 is 14.4 Å². The van der Waals surface area contributed by atoms with Gasteiger partial charge in [0, 0.05) is 5.39 Å².